The lowest BCUT2D eigenvalue weighted by molar-refractivity contribution is -0.114. The highest BCUT2D eigenvalue weighted by Crippen LogP contribution is 2.33. The van der Waals surface area contributed by atoms with Gasteiger partial charge in [-0.3, -0.25) is 10.2 Å². The zero-order chi connectivity index (χ0) is 24.1. The molecule has 2 aliphatic heterocycles. The van der Waals surface area contributed by atoms with Crippen molar-refractivity contribution >= 4 is 51.4 Å². The number of amides is 1. The summed E-state index contributed by atoms with van der Waals surface area (Å²) in [6.07, 6.45) is 1.74. The van der Waals surface area contributed by atoms with Gasteiger partial charge in [0.1, 0.15) is 5.04 Å². The van der Waals surface area contributed by atoms with Gasteiger partial charge in [0.05, 0.1) is 10.6 Å². The van der Waals surface area contributed by atoms with Crippen molar-refractivity contribution in [2.45, 2.75) is 27.7 Å². The van der Waals surface area contributed by atoms with E-state index in [2.05, 4.69) is 46.7 Å². The smallest absolute Gasteiger partial charge is 0.283 e. The van der Waals surface area contributed by atoms with Crippen LogP contribution < -0.4 is 0 Å². The van der Waals surface area contributed by atoms with Crippen molar-refractivity contribution in [1.82, 2.24) is 9.58 Å². The number of nitrogens with one attached hydrogen (secondary N) is 1. The van der Waals surface area contributed by atoms with Crippen LogP contribution in [0.15, 0.2) is 64.2 Å². The summed E-state index contributed by atoms with van der Waals surface area (Å²) in [6.45, 7) is 8.21. The molecule has 2 aliphatic rings. The van der Waals surface area contributed by atoms with E-state index in [4.69, 9.17) is 17.0 Å². The van der Waals surface area contributed by atoms with Gasteiger partial charge in [-0.1, -0.05) is 35.9 Å². The van der Waals surface area contributed by atoms with E-state index in [0.29, 0.717) is 15.2 Å². The molecule has 3 heterocycles. The number of carbonyl (C=O) groups is 1. The minimum absolute atomic E-state index is 0.000701. The number of aryl methyl sites for hydroxylation is 3. The molecule has 2 aromatic carbocycles. The number of halogens is 1. The molecule has 1 aromatic heterocycles. The maximum Gasteiger partial charge on any atom is 0.283 e. The fraction of sp³-hybridized carbons (Fsp3) is 0.154. The van der Waals surface area contributed by atoms with Crippen LogP contribution in [0.3, 0.4) is 0 Å². The van der Waals surface area contributed by atoms with Gasteiger partial charge in [0.25, 0.3) is 5.91 Å². The molecule has 8 heteroatoms. The first-order valence-corrected chi connectivity index (χ1v) is 11.9. The first kappa shape index (κ1) is 22.4. The van der Waals surface area contributed by atoms with Crippen molar-refractivity contribution in [1.29, 1.82) is 5.41 Å². The Morgan fingerprint density at radius 2 is 1.74 bits per heavy atom. The third kappa shape index (κ3) is 3.81. The summed E-state index contributed by atoms with van der Waals surface area (Å²) in [6, 6.07) is 15.8. The summed E-state index contributed by atoms with van der Waals surface area (Å²) in [5.74, 6) is -0.448. The van der Waals surface area contributed by atoms with E-state index >= 15 is 0 Å². The largest absolute Gasteiger partial charge is 0.318 e. The Bertz CT molecular complexity index is 1460. The summed E-state index contributed by atoms with van der Waals surface area (Å²) in [4.78, 5) is 17.1. The molecule has 0 aliphatic carbocycles. The van der Waals surface area contributed by atoms with E-state index in [0.717, 1.165) is 28.2 Å². The van der Waals surface area contributed by atoms with Gasteiger partial charge in [0.15, 0.2) is 5.84 Å². The van der Waals surface area contributed by atoms with Crippen LogP contribution in [0, 0.1) is 33.1 Å². The SMILES string of the molecule is Cc1cc(C)cc(-n2c(C)cc(/C=C3\C(=N)N4N=C(c5ccccc5Cl)SC4=NC3=O)c2C)c1. The Labute approximate surface area is 207 Å². The van der Waals surface area contributed by atoms with Crippen LogP contribution in [0.5, 0.6) is 0 Å². The number of aliphatic imine (C=N–C) groups is 1. The molecule has 1 N–H and O–H groups in total. The molecule has 0 bridgehead atoms. The van der Waals surface area contributed by atoms with Crippen LogP contribution in [0.2, 0.25) is 5.02 Å². The number of rotatable bonds is 3. The van der Waals surface area contributed by atoms with E-state index in [-0.39, 0.29) is 11.4 Å². The summed E-state index contributed by atoms with van der Waals surface area (Å²) in [5.41, 5.74) is 7.30. The second kappa shape index (κ2) is 8.42. The van der Waals surface area contributed by atoms with Crippen molar-refractivity contribution in [3.63, 3.8) is 0 Å². The number of hydrogen-bond acceptors (Lipinski definition) is 4. The zero-order valence-electron chi connectivity index (χ0n) is 19.2. The van der Waals surface area contributed by atoms with Crippen molar-refractivity contribution in [2.24, 2.45) is 10.1 Å². The van der Waals surface area contributed by atoms with E-state index in [1.807, 2.05) is 38.1 Å². The van der Waals surface area contributed by atoms with E-state index < -0.39 is 5.91 Å². The first-order valence-electron chi connectivity index (χ1n) is 10.8. The number of amidine groups is 2. The fourth-order valence-corrected chi connectivity index (χ4v) is 5.51. The number of hydrogen-bond donors (Lipinski definition) is 1. The molecule has 5 rings (SSSR count). The quantitative estimate of drug-likeness (QED) is 0.458. The molecule has 0 radical (unpaired) electrons. The lowest BCUT2D eigenvalue weighted by Gasteiger charge is -2.20. The molecule has 3 aromatic rings. The number of fused-ring (bicyclic) bond motifs is 1. The Morgan fingerprint density at radius 3 is 2.44 bits per heavy atom. The van der Waals surface area contributed by atoms with E-state index in [1.54, 1.807) is 12.1 Å². The monoisotopic (exact) mass is 487 g/mol. The number of aromatic nitrogens is 1. The minimum Gasteiger partial charge on any atom is -0.318 e. The Hall–Kier alpha value is -3.42. The molecule has 0 fully saturated rings. The second-order valence-electron chi connectivity index (χ2n) is 8.41. The maximum atomic E-state index is 12.9. The standard InChI is InChI=1S/C26H22ClN5OS/c1-14-9-15(2)11-19(10-14)31-16(3)12-18(17(31)4)13-21-23(28)32-26(29-24(21)33)34-25(30-32)20-7-5-6-8-22(20)27/h5-13,28H,1-4H3/b21-13+,28-23?. The lowest BCUT2D eigenvalue weighted by Crippen LogP contribution is -2.35. The molecule has 0 saturated heterocycles. The Morgan fingerprint density at radius 1 is 1.03 bits per heavy atom. The number of benzene rings is 2. The van der Waals surface area contributed by atoms with Crippen LogP contribution in [0.4, 0.5) is 0 Å². The molecule has 0 spiro atoms. The van der Waals surface area contributed by atoms with Gasteiger partial charge >= 0.3 is 0 Å². The van der Waals surface area contributed by atoms with Gasteiger partial charge in [-0.2, -0.15) is 15.1 Å². The highest BCUT2D eigenvalue weighted by molar-refractivity contribution is 8.27. The molecule has 6 nitrogen and oxygen atoms in total. The molecule has 1 amide bonds. The second-order valence-corrected chi connectivity index (χ2v) is 9.78. The number of carbonyl (C=O) groups excluding carboxylic acids is 1. The third-order valence-corrected chi connectivity index (χ3v) is 7.06. The highest BCUT2D eigenvalue weighted by atomic mass is 35.5. The lowest BCUT2D eigenvalue weighted by atomic mass is 10.1. The number of hydrazone groups is 1. The highest BCUT2D eigenvalue weighted by Gasteiger charge is 2.36. The van der Waals surface area contributed by atoms with E-state index in [9.17, 15) is 4.79 Å². The van der Waals surface area contributed by atoms with Gasteiger partial charge in [-0.05, 0) is 86.5 Å². The molecular formula is C26H22ClN5OS. The number of nitrogens with zero attached hydrogens (tertiary/aromatic N) is 4. The van der Waals surface area contributed by atoms with Crippen LogP contribution >= 0.6 is 23.4 Å². The van der Waals surface area contributed by atoms with Gasteiger partial charge in [0.2, 0.25) is 5.17 Å². The third-order valence-electron chi connectivity index (χ3n) is 5.79. The van der Waals surface area contributed by atoms with Crippen molar-refractivity contribution in [2.75, 3.05) is 0 Å². The minimum atomic E-state index is -0.449. The molecule has 0 unspecified atom stereocenters. The number of thioether (sulfide) groups is 1. The molecule has 170 valence electrons. The summed E-state index contributed by atoms with van der Waals surface area (Å²) in [7, 11) is 0. The molecule has 0 atom stereocenters. The first-order chi connectivity index (χ1) is 16.2. The fourth-order valence-electron chi connectivity index (χ4n) is 4.30. The Kier molecular flexibility index (Phi) is 5.54. The van der Waals surface area contributed by atoms with Crippen LogP contribution in [0.25, 0.3) is 11.8 Å². The average molecular weight is 488 g/mol. The van der Waals surface area contributed by atoms with Gasteiger partial charge in [0, 0.05) is 22.6 Å². The summed E-state index contributed by atoms with van der Waals surface area (Å²) in [5, 5.41) is 16.2. The Balaban J connectivity index is 1.53. The maximum absolute atomic E-state index is 12.9. The van der Waals surface area contributed by atoms with E-state index in [1.165, 1.54) is 27.9 Å². The van der Waals surface area contributed by atoms with Crippen LogP contribution in [-0.2, 0) is 4.79 Å². The van der Waals surface area contributed by atoms with Gasteiger partial charge < -0.3 is 4.57 Å². The predicted octanol–water partition coefficient (Wildman–Crippen LogP) is 6.03. The molecular weight excluding hydrogens is 466 g/mol. The summed E-state index contributed by atoms with van der Waals surface area (Å²) >= 11 is 7.56. The molecule has 0 saturated carbocycles. The average Bonchev–Trinajstić information content (AvgIpc) is 3.31. The topological polar surface area (TPSA) is 73.8 Å². The molecule has 34 heavy (non-hydrogen) atoms. The van der Waals surface area contributed by atoms with Gasteiger partial charge in [-0.25, -0.2) is 0 Å². The summed E-state index contributed by atoms with van der Waals surface area (Å²) < 4.78 is 2.16. The van der Waals surface area contributed by atoms with Gasteiger partial charge in [-0.15, -0.1) is 0 Å². The van der Waals surface area contributed by atoms with Crippen molar-refractivity contribution in [3.05, 3.63) is 92.8 Å². The predicted molar refractivity (Wildman–Crippen MR) is 140 cm³/mol. The normalized spacial score (nSPS) is 16.7. The zero-order valence-corrected chi connectivity index (χ0v) is 20.8. The van der Waals surface area contributed by atoms with Crippen molar-refractivity contribution in [3.8, 4) is 5.69 Å². The van der Waals surface area contributed by atoms with Crippen LogP contribution in [0.1, 0.15) is 33.6 Å². The van der Waals surface area contributed by atoms with Crippen molar-refractivity contribution < 1.29 is 4.79 Å². The van der Waals surface area contributed by atoms with Crippen LogP contribution in [-0.4, -0.2) is 31.5 Å².